The molecule has 1 unspecified atom stereocenters. The third-order valence-electron chi connectivity index (χ3n) is 7.60. The molecule has 0 spiro atoms. The normalized spacial score (nSPS) is 17.6. The number of benzene rings is 2. The van der Waals surface area contributed by atoms with Crippen LogP contribution in [-0.2, 0) is 4.79 Å². The third kappa shape index (κ3) is 9.58. The van der Waals surface area contributed by atoms with Crippen LogP contribution in [0.3, 0.4) is 0 Å². The Hall–Kier alpha value is -3.39. The number of amides is 1. The van der Waals surface area contributed by atoms with Crippen LogP contribution < -0.4 is 5.32 Å². The Morgan fingerprint density at radius 1 is 1.07 bits per heavy atom. The van der Waals surface area contributed by atoms with E-state index in [1.807, 2.05) is 46.8 Å². The van der Waals surface area contributed by atoms with E-state index in [1.165, 1.54) is 45.4 Å². The van der Waals surface area contributed by atoms with Gasteiger partial charge in [0, 0.05) is 7.12 Å². The summed E-state index contributed by atoms with van der Waals surface area (Å²) in [6.45, 7) is 28.8. The van der Waals surface area contributed by atoms with E-state index in [0.29, 0.717) is 11.8 Å². The molecule has 2 atom stereocenters. The number of hydrogen-bond donors (Lipinski definition) is 1. The summed E-state index contributed by atoms with van der Waals surface area (Å²) < 4.78 is 0. The molecule has 230 valence electrons. The molecule has 0 fully saturated rings. The number of hydrogen-bond acceptors (Lipinski definition) is 1. The average molecular weight is 570 g/mol. The van der Waals surface area contributed by atoms with Gasteiger partial charge in [-0.05, 0) is 105 Å². The molecule has 1 N–H and O–H groups in total. The number of carbonyl (C=O) groups excluding carboxylic acids is 1. The lowest BCUT2D eigenvalue weighted by molar-refractivity contribution is -0.125. The van der Waals surface area contributed by atoms with Crippen LogP contribution in [0.25, 0.3) is 11.6 Å². The van der Waals surface area contributed by atoms with Gasteiger partial charge in [0.1, 0.15) is 0 Å². The van der Waals surface area contributed by atoms with Crippen LogP contribution in [-0.4, -0.2) is 5.91 Å². The average Bonchev–Trinajstić information content (AvgIpc) is 3.18. The summed E-state index contributed by atoms with van der Waals surface area (Å²) in [6, 6.07) is 13.4. The summed E-state index contributed by atoms with van der Waals surface area (Å²) in [5.41, 5.74) is 10.9. The number of aryl methyl sites for hydroxylation is 3. The molecule has 2 aromatic rings. The number of carbonyl (C=O) groups is 1. The molecule has 4 rings (SSSR count). The van der Waals surface area contributed by atoms with Crippen molar-refractivity contribution in [3.63, 3.8) is 0 Å². The van der Waals surface area contributed by atoms with Gasteiger partial charge in [0.2, 0.25) is 5.91 Å². The van der Waals surface area contributed by atoms with Gasteiger partial charge in [0.05, 0.1) is 5.41 Å². The summed E-state index contributed by atoms with van der Waals surface area (Å²) >= 11 is 0. The van der Waals surface area contributed by atoms with E-state index in [-0.39, 0.29) is 7.33 Å². The monoisotopic (exact) mass is 569 g/mol. The minimum Gasteiger partial charge on any atom is -0.329 e. The van der Waals surface area contributed by atoms with Gasteiger partial charge in [-0.15, -0.1) is 0 Å². The van der Waals surface area contributed by atoms with Gasteiger partial charge < -0.3 is 5.32 Å². The van der Waals surface area contributed by atoms with Gasteiger partial charge in [-0.2, -0.15) is 0 Å². The van der Waals surface area contributed by atoms with Gasteiger partial charge in [0.15, 0.2) is 0 Å². The highest BCUT2D eigenvalue weighted by Gasteiger charge is 2.41. The third-order valence-corrected chi connectivity index (χ3v) is 7.60. The zero-order valence-electron chi connectivity index (χ0n) is 28.6. The Labute approximate surface area is 259 Å². The fourth-order valence-electron chi connectivity index (χ4n) is 5.11. The highest BCUT2D eigenvalue weighted by atomic mass is 16.2. The van der Waals surface area contributed by atoms with Crippen LogP contribution in [0, 0.1) is 32.1 Å². The van der Waals surface area contributed by atoms with Crippen LogP contribution in [0.5, 0.6) is 0 Å². The first kappa shape index (κ1) is 36.6. The van der Waals surface area contributed by atoms with Gasteiger partial charge in [0.25, 0.3) is 0 Å². The first-order chi connectivity index (χ1) is 19.9. The molecule has 0 saturated carbocycles. The predicted molar refractivity (Wildman–Crippen MR) is 190 cm³/mol. The molecule has 1 heterocycles. The molecule has 0 saturated heterocycles. The fraction of sp³-hybridized carbons (Fsp3) is 0.425. The van der Waals surface area contributed by atoms with Crippen molar-refractivity contribution in [2.45, 2.75) is 102 Å². The summed E-state index contributed by atoms with van der Waals surface area (Å²) in [5, 5.41) is 3.11. The molecule has 2 nitrogen and oxygen atoms in total. The standard InChI is InChI=1S/C30H35NO.C5H8.C3H8.C2H6.H2/c1-18-8-9-20(3)25(14-18)21(4)11-12-23-16-24(13-10-19(23)2)26-17-27-28(15-22(26)5)31-29(32)30(27,6)7;1-3-5-4-2;1-3-2;1-2;/h8-14,16-17,21-22H,15H2,1-7H3,(H,31,32);3-5H,1H2,2H3;3H2,1-2H3;1-2H3;1H/b12-11-;;;;/t21-,22?;;;;/m0..../s1. The van der Waals surface area contributed by atoms with Gasteiger partial charge in [-0.3, -0.25) is 4.79 Å². The maximum Gasteiger partial charge on any atom is 0.234 e. The quantitative estimate of drug-likeness (QED) is 0.356. The summed E-state index contributed by atoms with van der Waals surface area (Å²) in [4.78, 5) is 12.4. The van der Waals surface area contributed by atoms with Crippen molar-refractivity contribution in [3.8, 4) is 0 Å². The van der Waals surface area contributed by atoms with E-state index in [1.54, 1.807) is 6.08 Å². The topological polar surface area (TPSA) is 29.1 Å². The maximum atomic E-state index is 12.4. The molecule has 2 aliphatic rings. The first-order valence-electron chi connectivity index (χ1n) is 15.8. The van der Waals surface area contributed by atoms with Gasteiger partial charge >= 0.3 is 0 Å². The molecule has 1 aliphatic heterocycles. The maximum absolute atomic E-state index is 12.4. The highest BCUT2D eigenvalue weighted by molar-refractivity contribution is 5.93. The number of allylic oxidation sites excluding steroid dienone is 7. The summed E-state index contributed by atoms with van der Waals surface area (Å²) in [5.74, 6) is 0.839. The van der Waals surface area contributed by atoms with E-state index in [9.17, 15) is 4.79 Å². The Bertz CT molecular complexity index is 1320. The number of rotatable bonds is 5. The van der Waals surface area contributed by atoms with Crippen molar-refractivity contribution < 1.29 is 6.22 Å². The SMILES string of the molecule is C=CC=CC.CC.CCC.Cc1ccc(C)c([C@@H](C)/C=C\c2cc(C3=CC4=C(CC3C)NC(=O)C4(C)C)ccc2C)c1.[HH]. The van der Waals surface area contributed by atoms with Crippen molar-refractivity contribution in [1.82, 2.24) is 5.32 Å². The molecule has 42 heavy (non-hydrogen) atoms. The second-order valence-corrected chi connectivity index (χ2v) is 11.7. The van der Waals surface area contributed by atoms with Crippen molar-refractivity contribution in [2.75, 3.05) is 0 Å². The Kier molecular flexibility index (Phi) is 15.3. The highest BCUT2D eigenvalue weighted by Crippen LogP contribution is 2.44. The van der Waals surface area contributed by atoms with Crippen molar-refractivity contribution >= 4 is 17.6 Å². The molecule has 0 bridgehead atoms. The minimum atomic E-state index is -0.463. The minimum absolute atomic E-state index is 0. The van der Waals surface area contributed by atoms with Crippen LogP contribution in [0.2, 0.25) is 0 Å². The molecule has 0 aromatic heterocycles. The largest absolute Gasteiger partial charge is 0.329 e. The van der Waals surface area contributed by atoms with E-state index >= 15 is 0 Å². The van der Waals surface area contributed by atoms with Crippen LogP contribution in [0.15, 0.2) is 84.6 Å². The molecule has 2 aromatic carbocycles. The predicted octanol–water partition coefficient (Wildman–Crippen LogP) is 11.7. The van der Waals surface area contributed by atoms with Crippen molar-refractivity contribution in [1.29, 1.82) is 0 Å². The van der Waals surface area contributed by atoms with E-state index < -0.39 is 5.41 Å². The van der Waals surface area contributed by atoms with Crippen LogP contribution in [0.1, 0.15) is 116 Å². The Morgan fingerprint density at radius 3 is 2.26 bits per heavy atom. The van der Waals surface area contributed by atoms with Crippen molar-refractivity contribution in [3.05, 3.63) is 118 Å². The first-order valence-corrected chi connectivity index (χ1v) is 15.8. The molecule has 2 heteroatoms. The van der Waals surface area contributed by atoms with E-state index in [2.05, 4.69) is 115 Å². The van der Waals surface area contributed by atoms with Gasteiger partial charge in [-0.1, -0.05) is 127 Å². The zero-order valence-corrected chi connectivity index (χ0v) is 28.6. The molecule has 0 radical (unpaired) electrons. The molecule has 1 aliphatic carbocycles. The Morgan fingerprint density at radius 2 is 1.69 bits per heavy atom. The second kappa shape index (κ2) is 17.5. The van der Waals surface area contributed by atoms with Gasteiger partial charge in [-0.25, -0.2) is 0 Å². The number of nitrogens with one attached hydrogen (secondary N) is 1. The Balaban J connectivity index is 0.00000141. The van der Waals surface area contributed by atoms with E-state index in [0.717, 1.165) is 17.7 Å². The fourth-order valence-corrected chi connectivity index (χ4v) is 5.11. The van der Waals surface area contributed by atoms with Crippen molar-refractivity contribution in [2.24, 2.45) is 11.3 Å². The lowest BCUT2D eigenvalue weighted by Crippen LogP contribution is -2.28. The second-order valence-electron chi connectivity index (χ2n) is 11.7. The summed E-state index contributed by atoms with van der Waals surface area (Å²) in [6.07, 6.45) is 14.6. The zero-order chi connectivity index (χ0) is 32.0. The molecular weight excluding hydrogens is 510 g/mol. The lowest BCUT2D eigenvalue weighted by Gasteiger charge is -2.26. The lowest BCUT2D eigenvalue weighted by atomic mass is 9.76. The molecule has 1 amide bonds. The molecular formula is C40H59NO. The van der Waals surface area contributed by atoms with Crippen LogP contribution in [0.4, 0.5) is 0 Å². The van der Waals surface area contributed by atoms with E-state index in [4.69, 9.17) is 0 Å². The summed E-state index contributed by atoms with van der Waals surface area (Å²) in [7, 11) is 0. The smallest absolute Gasteiger partial charge is 0.234 e. The van der Waals surface area contributed by atoms with Crippen LogP contribution >= 0.6 is 0 Å².